The topological polar surface area (TPSA) is 33.5 Å². The van der Waals surface area contributed by atoms with Gasteiger partial charge in [-0.25, -0.2) is 4.98 Å². The molecular weight excluding hydrogens is 1110 g/mol. The van der Waals surface area contributed by atoms with Crippen LogP contribution in [0.2, 0.25) is 0 Å². The molecule has 0 radical (unpaired) electrons. The molecule has 0 bridgehead atoms. The fourth-order valence-electron chi connectivity index (χ4n) is 10.9. The van der Waals surface area contributed by atoms with E-state index in [0.717, 1.165) is 50.3 Å². The van der Waals surface area contributed by atoms with Crippen LogP contribution in [0.25, 0.3) is 38.8 Å². The molecule has 0 fully saturated rings. The number of aromatic nitrogens is 2. The van der Waals surface area contributed by atoms with Crippen molar-refractivity contribution in [2.45, 2.75) is 125 Å². The average Bonchev–Trinajstić information content (AvgIpc) is 4.03. The minimum atomic E-state index is -0.271. The Bertz CT molecular complexity index is 3560. The second-order valence-corrected chi connectivity index (χ2v) is 24.3. The first-order valence-electron chi connectivity index (χ1n) is 26.8. The third-order valence-electron chi connectivity index (χ3n) is 15.6. The molecule has 5 nitrogen and oxygen atoms in total. The molecule has 0 atom stereocenters. The van der Waals surface area contributed by atoms with Crippen LogP contribution in [-0.4, -0.2) is 9.55 Å². The molecule has 1 aliphatic rings. The van der Waals surface area contributed by atoms with Gasteiger partial charge in [0.2, 0.25) is 0 Å². The molecule has 3 heterocycles. The molecule has 0 spiro atoms. The van der Waals surface area contributed by atoms with Gasteiger partial charge in [0.25, 0.3) is 0 Å². The van der Waals surface area contributed by atoms with Crippen LogP contribution in [0.15, 0.2) is 176 Å². The van der Waals surface area contributed by atoms with Gasteiger partial charge in [-0.15, -0.1) is 53.6 Å². The number of hydrogen-bond acceptors (Lipinski definition) is 4. The van der Waals surface area contributed by atoms with Crippen LogP contribution in [0.3, 0.4) is 0 Å². The number of pyridine rings is 1. The molecule has 10 rings (SSSR count). The zero-order valence-corrected chi connectivity index (χ0v) is 49.2. The first-order chi connectivity index (χ1) is 35.6. The van der Waals surface area contributed by atoms with Crippen LogP contribution >= 0.6 is 0 Å². The van der Waals surface area contributed by atoms with Gasteiger partial charge in [-0.05, 0) is 104 Å². The first kappa shape index (κ1) is 54.1. The van der Waals surface area contributed by atoms with Gasteiger partial charge in [0, 0.05) is 71.9 Å². The maximum Gasteiger partial charge on any atom is 0.135 e. The Morgan fingerprint density at radius 2 is 1.13 bits per heavy atom. The van der Waals surface area contributed by atoms with Crippen molar-refractivity contribution in [1.82, 2.24) is 9.55 Å². The third kappa shape index (κ3) is 10.3. The summed E-state index contributed by atoms with van der Waals surface area (Å²) in [4.78, 5) is 9.68. The molecule has 0 amide bonds. The number of fused-ring (bicyclic) bond motifs is 3. The predicted molar refractivity (Wildman–Crippen MR) is 315 cm³/mol. The summed E-state index contributed by atoms with van der Waals surface area (Å²) >= 11 is 0. The van der Waals surface area contributed by atoms with Crippen molar-refractivity contribution in [2.24, 2.45) is 5.41 Å². The van der Waals surface area contributed by atoms with Gasteiger partial charge in [0.05, 0.1) is 0 Å². The minimum absolute atomic E-state index is 0. The first-order valence-corrected chi connectivity index (χ1v) is 26.8. The molecule has 1 aliphatic heterocycles. The van der Waals surface area contributed by atoms with Gasteiger partial charge in [-0.2, -0.15) is 6.07 Å². The molecule has 6 heteroatoms. The molecule has 392 valence electrons. The smallest absolute Gasteiger partial charge is 0.135 e. The Morgan fingerprint density at radius 3 is 1.74 bits per heavy atom. The predicted octanol–water partition coefficient (Wildman–Crippen LogP) is 18.8. The number of nitrogens with zero attached hydrogens (tertiary/aromatic N) is 4. The van der Waals surface area contributed by atoms with Crippen LogP contribution in [0.5, 0.6) is 11.5 Å². The molecule has 0 aliphatic carbocycles. The van der Waals surface area contributed by atoms with E-state index in [2.05, 4.69) is 294 Å². The second kappa shape index (κ2) is 20.7. The Morgan fingerprint density at radius 1 is 0.526 bits per heavy atom. The van der Waals surface area contributed by atoms with Crippen LogP contribution in [0, 0.1) is 24.2 Å². The minimum Gasteiger partial charge on any atom is -0.509 e. The summed E-state index contributed by atoms with van der Waals surface area (Å²) in [6.07, 6.45) is 4.22. The van der Waals surface area contributed by atoms with E-state index in [1.807, 2.05) is 6.20 Å². The number of allylic oxidation sites excluding steroid dienone is 1. The van der Waals surface area contributed by atoms with E-state index in [-0.39, 0.29) is 42.7 Å². The van der Waals surface area contributed by atoms with E-state index in [4.69, 9.17) is 9.72 Å². The Labute approximate surface area is 467 Å². The molecule has 0 N–H and O–H groups in total. The third-order valence-corrected chi connectivity index (χ3v) is 15.6. The van der Waals surface area contributed by atoms with Crippen molar-refractivity contribution in [1.29, 1.82) is 0 Å². The molecule has 2 aromatic heterocycles. The Kier molecular flexibility index (Phi) is 14.7. The van der Waals surface area contributed by atoms with Gasteiger partial charge < -0.3 is 19.1 Å². The van der Waals surface area contributed by atoms with Crippen molar-refractivity contribution < 1.29 is 25.8 Å². The van der Waals surface area contributed by atoms with E-state index < -0.39 is 0 Å². The average molecular weight is 1180 g/mol. The summed E-state index contributed by atoms with van der Waals surface area (Å²) in [5.41, 5.74) is 15.6. The van der Waals surface area contributed by atoms with Crippen molar-refractivity contribution in [3.63, 3.8) is 0 Å². The van der Waals surface area contributed by atoms with Gasteiger partial charge in [0.1, 0.15) is 5.82 Å². The van der Waals surface area contributed by atoms with Gasteiger partial charge in [-0.3, -0.25) is 0 Å². The molecule has 0 saturated heterocycles. The zero-order chi connectivity index (χ0) is 53.2. The molecule has 9 aromatic rings. The summed E-state index contributed by atoms with van der Waals surface area (Å²) in [7, 11) is 0. The summed E-state index contributed by atoms with van der Waals surface area (Å²) in [6, 6.07) is 64.9. The monoisotopic (exact) mass is 1180 g/mol. The fourth-order valence-corrected chi connectivity index (χ4v) is 10.9. The van der Waals surface area contributed by atoms with Crippen molar-refractivity contribution in [3.8, 4) is 28.4 Å². The summed E-state index contributed by atoms with van der Waals surface area (Å²) in [5.74, 6) is 2.62. The van der Waals surface area contributed by atoms with E-state index in [1.165, 1.54) is 44.5 Å². The number of anilines is 2. The summed E-state index contributed by atoms with van der Waals surface area (Å²) in [5, 5.41) is 2.21. The maximum atomic E-state index is 7.18. The summed E-state index contributed by atoms with van der Waals surface area (Å²) < 4.78 is 9.44. The SMILES string of the molecule is CC(C)c1cccc(C(C)C)c1-c1cc(Oc2[c-]c3c(cc2)c2cc(C(C)(C)c4ccccc4)ccc2n3-c2cc(C(C)(C)c3ccccc3)ccn2)[c-]c(N2[CH-]N(c3cccc(C(C)(C)C)c3)C=C2C(C)(C)C)c1.[Pt]. The van der Waals surface area contributed by atoms with E-state index >= 15 is 0 Å². The Hall–Kier alpha value is -6.68. The van der Waals surface area contributed by atoms with Crippen molar-refractivity contribution >= 4 is 33.2 Å². The Balaban J connectivity index is 0.00000706. The van der Waals surface area contributed by atoms with Gasteiger partial charge >= 0.3 is 0 Å². The van der Waals surface area contributed by atoms with E-state index in [1.54, 1.807) is 0 Å². The number of ether oxygens (including phenoxy) is 1. The van der Waals surface area contributed by atoms with Gasteiger partial charge in [0.15, 0.2) is 0 Å². The number of benzene rings is 7. The van der Waals surface area contributed by atoms with Gasteiger partial charge in [-0.1, -0.05) is 206 Å². The molecular formula is C70H73N4OPt-3. The van der Waals surface area contributed by atoms with E-state index in [9.17, 15) is 0 Å². The largest absolute Gasteiger partial charge is 0.509 e. The standard InChI is InChI=1S/C70H73N4O.Pt/c1-46(2)58-29-22-30-59(47(3)4)66(58)48-37-55(73-45-72(44-64(73)68(8,9)10)54-28-21-27-51(39-54)67(5,6)7)42-57(38-48)75-56-32-33-60-61-40-52(69(11,12)49-23-17-15-18-24-49)31-34-62(61)74(63(60)43-56)65-41-53(35-36-71-65)70(13,14)50-25-19-16-20-26-50;/h15-41,44-47H,1-14H3;/q-3;. The number of hydrogen-bond donors (Lipinski definition) is 0. The van der Waals surface area contributed by atoms with Crippen molar-refractivity contribution in [3.05, 3.63) is 234 Å². The normalized spacial score (nSPS) is 13.5. The van der Waals surface area contributed by atoms with Crippen LogP contribution < -0.4 is 14.5 Å². The molecule has 0 saturated carbocycles. The molecule has 76 heavy (non-hydrogen) atoms. The van der Waals surface area contributed by atoms with Crippen LogP contribution in [-0.2, 0) is 37.3 Å². The fraction of sp³-hybridized carbons (Fsp3) is 0.286. The molecule has 0 unspecified atom stereocenters. The molecule has 7 aromatic carbocycles. The van der Waals surface area contributed by atoms with E-state index in [0.29, 0.717) is 23.3 Å². The van der Waals surface area contributed by atoms with Crippen molar-refractivity contribution in [2.75, 3.05) is 9.80 Å². The van der Waals surface area contributed by atoms with Crippen LogP contribution in [0.4, 0.5) is 11.4 Å². The summed E-state index contributed by atoms with van der Waals surface area (Å²) in [6.45, 7) is 34.2. The maximum absolute atomic E-state index is 7.18. The zero-order valence-electron chi connectivity index (χ0n) is 46.9. The quantitative estimate of drug-likeness (QED) is 0.114. The second-order valence-electron chi connectivity index (χ2n) is 24.3. The number of rotatable bonds is 12. The van der Waals surface area contributed by atoms with Crippen LogP contribution in [0.1, 0.15) is 148 Å².